The molecule has 0 radical (unpaired) electrons. The van der Waals surface area contributed by atoms with Crippen LogP contribution in [0.2, 0.25) is 10.0 Å². The molecule has 0 saturated carbocycles. The number of hydrogen-bond acceptors (Lipinski definition) is 5. The Morgan fingerprint density at radius 3 is 2.60 bits per heavy atom. The lowest BCUT2D eigenvalue weighted by Gasteiger charge is -2.09. The van der Waals surface area contributed by atoms with Crippen LogP contribution in [0.15, 0.2) is 72.9 Å². The molecule has 1 amide bonds. The number of aryl methyl sites for hydroxylation is 1. The first kappa shape index (κ1) is 24.3. The van der Waals surface area contributed by atoms with E-state index in [9.17, 15) is 14.9 Å². The number of nitro benzene ring substituents is 1. The summed E-state index contributed by atoms with van der Waals surface area (Å²) in [6, 6.07) is 18.9. The summed E-state index contributed by atoms with van der Waals surface area (Å²) in [6.45, 7) is 2.29. The van der Waals surface area contributed by atoms with Gasteiger partial charge in [0.15, 0.2) is 11.6 Å². The molecule has 1 N–H and O–H groups in total. The zero-order valence-electron chi connectivity index (χ0n) is 18.6. The summed E-state index contributed by atoms with van der Waals surface area (Å²) < 4.78 is 7.29. The highest BCUT2D eigenvalue weighted by Gasteiger charge is 2.16. The highest BCUT2D eigenvalue weighted by molar-refractivity contribution is 6.33. The van der Waals surface area contributed by atoms with Crippen molar-refractivity contribution >= 4 is 40.6 Å². The molecular formula is C25H20Cl2N4O4. The number of carbonyl (C=O) groups is 1. The van der Waals surface area contributed by atoms with Crippen molar-refractivity contribution in [3.63, 3.8) is 0 Å². The van der Waals surface area contributed by atoms with E-state index in [1.807, 2.05) is 12.1 Å². The van der Waals surface area contributed by atoms with Gasteiger partial charge in [0, 0.05) is 22.8 Å². The van der Waals surface area contributed by atoms with Crippen molar-refractivity contribution in [1.29, 1.82) is 0 Å². The monoisotopic (exact) mass is 510 g/mol. The van der Waals surface area contributed by atoms with E-state index < -0.39 is 10.8 Å². The molecule has 1 aromatic heterocycles. The fourth-order valence-corrected chi connectivity index (χ4v) is 3.70. The Kier molecular flexibility index (Phi) is 7.33. The van der Waals surface area contributed by atoms with Crippen LogP contribution in [-0.2, 0) is 13.2 Å². The number of nitro groups is 1. The average molecular weight is 511 g/mol. The Morgan fingerprint density at radius 2 is 1.86 bits per heavy atom. The molecule has 4 aromatic rings. The molecule has 0 bridgehead atoms. The van der Waals surface area contributed by atoms with E-state index in [4.69, 9.17) is 27.9 Å². The largest absolute Gasteiger partial charge is 0.482 e. The molecule has 3 aromatic carbocycles. The Hall–Kier alpha value is -3.88. The third-order valence-electron chi connectivity index (χ3n) is 5.10. The maximum Gasteiger partial charge on any atom is 0.311 e. The van der Waals surface area contributed by atoms with Crippen molar-refractivity contribution in [3.05, 3.63) is 115 Å². The van der Waals surface area contributed by atoms with Crippen molar-refractivity contribution in [1.82, 2.24) is 9.78 Å². The van der Waals surface area contributed by atoms with Crippen LogP contribution in [0, 0.1) is 17.0 Å². The van der Waals surface area contributed by atoms with Gasteiger partial charge in [-0.2, -0.15) is 5.10 Å². The summed E-state index contributed by atoms with van der Waals surface area (Å²) in [7, 11) is 0. The normalized spacial score (nSPS) is 10.7. The van der Waals surface area contributed by atoms with Gasteiger partial charge in [0.1, 0.15) is 11.6 Å². The van der Waals surface area contributed by atoms with Gasteiger partial charge >= 0.3 is 5.69 Å². The summed E-state index contributed by atoms with van der Waals surface area (Å²) in [5.74, 6) is 0.00263. The van der Waals surface area contributed by atoms with Crippen LogP contribution in [0.1, 0.15) is 27.0 Å². The second kappa shape index (κ2) is 10.6. The molecule has 35 heavy (non-hydrogen) atoms. The molecule has 0 unspecified atom stereocenters. The highest BCUT2D eigenvalue weighted by atomic mass is 35.5. The van der Waals surface area contributed by atoms with E-state index >= 15 is 0 Å². The van der Waals surface area contributed by atoms with Gasteiger partial charge in [-0.15, -0.1) is 0 Å². The molecule has 4 rings (SSSR count). The third-order valence-corrected chi connectivity index (χ3v) is 5.63. The third kappa shape index (κ3) is 6.17. The van der Waals surface area contributed by atoms with Crippen molar-refractivity contribution in [2.75, 3.05) is 5.32 Å². The first-order valence-corrected chi connectivity index (χ1v) is 11.3. The summed E-state index contributed by atoms with van der Waals surface area (Å²) >= 11 is 12.2. The number of halogens is 2. The zero-order valence-corrected chi connectivity index (χ0v) is 20.1. The minimum absolute atomic E-state index is 0.0570. The summed E-state index contributed by atoms with van der Waals surface area (Å²) in [5, 5.41) is 19.3. The standard InChI is InChI=1S/C25H20Cl2N4O4/c1-16-5-10-23(22(11-16)31(33)34)35-15-18-3-2-4-19(12-18)25(32)28-24-21(27)14-30(29-24)13-17-6-8-20(26)9-7-17/h2-12,14H,13,15H2,1H3,(H,28,29,32). The topological polar surface area (TPSA) is 99.3 Å². The molecule has 178 valence electrons. The minimum atomic E-state index is -0.484. The smallest absolute Gasteiger partial charge is 0.311 e. The maximum atomic E-state index is 12.8. The van der Waals surface area contributed by atoms with Crippen LogP contribution in [0.5, 0.6) is 5.75 Å². The van der Waals surface area contributed by atoms with Crippen LogP contribution in [0.3, 0.4) is 0 Å². The van der Waals surface area contributed by atoms with Gasteiger partial charge in [0.25, 0.3) is 5.91 Å². The second-order valence-corrected chi connectivity index (χ2v) is 8.66. The molecule has 0 fully saturated rings. The Labute approximate surface area is 211 Å². The van der Waals surface area contributed by atoms with Crippen LogP contribution < -0.4 is 10.1 Å². The Balaban J connectivity index is 1.43. The predicted octanol–water partition coefficient (Wildman–Crippen LogP) is 6.29. The van der Waals surface area contributed by atoms with E-state index in [0.29, 0.717) is 27.7 Å². The highest BCUT2D eigenvalue weighted by Crippen LogP contribution is 2.28. The van der Waals surface area contributed by atoms with Crippen molar-refractivity contribution in [3.8, 4) is 5.75 Å². The number of anilines is 1. The number of amides is 1. The Bertz CT molecular complexity index is 1390. The SMILES string of the molecule is Cc1ccc(OCc2cccc(C(=O)Nc3nn(Cc4ccc(Cl)cc4)cc3Cl)c2)c([N+](=O)[O-])c1. The van der Waals surface area contributed by atoms with E-state index in [0.717, 1.165) is 11.1 Å². The minimum Gasteiger partial charge on any atom is -0.482 e. The van der Waals surface area contributed by atoms with Crippen molar-refractivity contribution in [2.45, 2.75) is 20.1 Å². The molecule has 0 aliphatic heterocycles. The molecule has 10 heteroatoms. The molecule has 1 heterocycles. The number of benzene rings is 3. The van der Waals surface area contributed by atoms with Gasteiger partial charge < -0.3 is 10.1 Å². The van der Waals surface area contributed by atoms with Crippen LogP contribution >= 0.6 is 23.2 Å². The molecule has 0 atom stereocenters. The number of carbonyl (C=O) groups excluding carboxylic acids is 1. The van der Waals surface area contributed by atoms with Gasteiger partial charge in [-0.3, -0.25) is 19.6 Å². The first-order chi connectivity index (χ1) is 16.8. The second-order valence-electron chi connectivity index (χ2n) is 7.82. The summed E-state index contributed by atoms with van der Waals surface area (Å²) in [5.41, 5.74) is 2.67. The van der Waals surface area contributed by atoms with Gasteiger partial charge in [-0.05, 0) is 53.9 Å². The van der Waals surface area contributed by atoms with E-state index in [2.05, 4.69) is 10.4 Å². The van der Waals surface area contributed by atoms with Crippen LogP contribution in [0.4, 0.5) is 11.5 Å². The molecular weight excluding hydrogens is 491 g/mol. The number of rotatable bonds is 8. The van der Waals surface area contributed by atoms with Gasteiger partial charge in [0.05, 0.1) is 11.5 Å². The number of aromatic nitrogens is 2. The van der Waals surface area contributed by atoms with Crippen molar-refractivity contribution < 1.29 is 14.5 Å². The van der Waals surface area contributed by atoms with Crippen LogP contribution in [-0.4, -0.2) is 20.6 Å². The predicted molar refractivity (Wildman–Crippen MR) is 134 cm³/mol. The summed E-state index contributed by atoms with van der Waals surface area (Å²) in [6.07, 6.45) is 1.63. The van der Waals surface area contributed by atoms with Gasteiger partial charge in [-0.25, -0.2) is 0 Å². The summed E-state index contributed by atoms with van der Waals surface area (Å²) in [4.78, 5) is 23.6. The molecule has 0 saturated heterocycles. The molecule has 0 spiro atoms. The molecule has 0 aliphatic rings. The fourth-order valence-electron chi connectivity index (χ4n) is 3.37. The van der Waals surface area contributed by atoms with Gasteiger partial charge in [0.2, 0.25) is 0 Å². The lowest BCUT2D eigenvalue weighted by atomic mass is 10.1. The zero-order chi connectivity index (χ0) is 24.9. The average Bonchev–Trinajstić information content (AvgIpc) is 3.18. The van der Waals surface area contributed by atoms with E-state index in [-0.39, 0.29) is 23.9 Å². The maximum absolute atomic E-state index is 12.8. The number of hydrogen-bond donors (Lipinski definition) is 1. The first-order valence-electron chi connectivity index (χ1n) is 10.5. The van der Waals surface area contributed by atoms with E-state index in [1.165, 1.54) is 6.07 Å². The number of ether oxygens (including phenoxy) is 1. The molecule has 8 nitrogen and oxygen atoms in total. The van der Waals surface area contributed by atoms with Crippen molar-refractivity contribution in [2.24, 2.45) is 0 Å². The number of nitrogens with zero attached hydrogens (tertiary/aromatic N) is 3. The number of nitrogens with one attached hydrogen (secondary N) is 1. The fraction of sp³-hybridized carbons (Fsp3) is 0.120. The Morgan fingerprint density at radius 1 is 1.09 bits per heavy atom. The van der Waals surface area contributed by atoms with Crippen LogP contribution in [0.25, 0.3) is 0 Å². The quantitative estimate of drug-likeness (QED) is 0.222. The lowest BCUT2D eigenvalue weighted by Crippen LogP contribution is -2.13. The van der Waals surface area contributed by atoms with E-state index in [1.54, 1.807) is 66.3 Å². The van der Waals surface area contributed by atoms with Gasteiger partial charge in [-0.1, -0.05) is 53.5 Å². The lowest BCUT2D eigenvalue weighted by molar-refractivity contribution is -0.386. The molecule has 0 aliphatic carbocycles.